The topological polar surface area (TPSA) is 58.2 Å². The first-order valence-electron chi connectivity index (χ1n) is 7.22. The van der Waals surface area contributed by atoms with Crippen LogP contribution in [0.4, 0.5) is 0 Å². The summed E-state index contributed by atoms with van der Waals surface area (Å²) in [5.74, 6) is -1.23. The van der Waals surface area contributed by atoms with Crippen LogP contribution in [0.1, 0.15) is 22.3 Å². The van der Waals surface area contributed by atoms with E-state index < -0.39 is 11.8 Å². The summed E-state index contributed by atoms with van der Waals surface area (Å²) in [4.78, 5) is 23.5. The van der Waals surface area contributed by atoms with Crippen molar-refractivity contribution in [1.82, 2.24) is 10.6 Å². The first-order chi connectivity index (χ1) is 10.5. The molecule has 2 aromatic carbocycles. The molecule has 0 aliphatic heterocycles. The molecule has 2 amide bonds. The van der Waals surface area contributed by atoms with Crippen LogP contribution in [0.3, 0.4) is 0 Å². The van der Waals surface area contributed by atoms with Gasteiger partial charge in [0.05, 0.1) is 0 Å². The van der Waals surface area contributed by atoms with Gasteiger partial charge < -0.3 is 10.6 Å². The number of amides is 2. The molecule has 0 atom stereocenters. The number of carbonyl (C=O) groups is 2. The van der Waals surface area contributed by atoms with Gasteiger partial charge in [0.15, 0.2) is 0 Å². The molecule has 0 heterocycles. The van der Waals surface area contributed by atoms with Crippen molar-refractivity contribution in [3.63, 3.8) is 0 Å². The average Bonchev–Trinajstić information content (AvgIpc) is 2.50. The lowest BCUT2D eigenvalue weighted by Gasteiger charge is -2.07. The number of hydrogen-bond acceptors (Lipinski definition) is 2. The normalized spacial score (nSPS) is 10.1. The first-order valence-corrected chi connectivity index (χ1v) is 7.22. The molecule has 0 spiro atoms. The van der Waals surface area contributed by atoms with Crippen LogP contribution in [-0.2, 0) is 22.7 Å². The van der Waals surface area contributed by atoms with E-state index in [9.17, 15) is 9.59 Å². The minimum absolute atomic E-state index is 0.346. The molecule has 4 heteroatoms. The first kappa shape index (κ1) is 15.8. The number of aryl methyl sites for hydroxylation is 2. The van der Waals surface area contributed by atoms with Crippen molar-refractivity contribution >= 4 is 11.8 Å². The smallest absolute Gasteiger partial charge is 0.309 e. The van der Waals surface area contributed by atoms with E-state index in [4.69, 9.17) is 0 Å². The molecule has 22 heavy (non-hydrogen) atoms. The van der Waals surface area contributed by atoms with Crippen molar-refractivity contribution < 1.29 is 9.59 Å². The Kier molecular flexibility index (Phi) is 5.31. The number of carbonyl (C=O) groups excluding carboxylic acids is 2. The lowest BCUT2D eigenvalue weighted by atomic mass is 10.1. The summed E-state index contributed by atoms with van der Waals surface area (Å²) in [6.07, 6.45) is 0. The van der Waals surface area contributed by atoms with Gasteiger partial charge in [-0.15, -0.1) is 0 Å². The molecule has 0 saturated carbocycles. The zero-order chi connectivity index (χ0) is 15.9. The Morgan fingerprint density at radius 2 is 1.18 bits per heavy atom. The zero-order valence-electron chi connectivity index (χ0n) is 12.8. The van der Waals surface area contributed by atoms with Gasteiger partial charge in [-0.25, -0.2) is 0 Å². The second-order valence-corrected chi connectivity index (χ2v) is 5.34. The van der Waals surface area contributed by atoms with Gasteiger partial charge in [0.2, 0.25) is 0 Å². The standard InChI is InChI=1S/C18H20N2O2/c1-13-5-3-7-15(9-13)11-19-17(21)18(22)20-12-16-8-4-6-14(2)10-16/h3-10H,11-12H2,1-2H3,(H,19,21)(H,20,22). The lowest BCUT2D eigenvalue weighted by molar-refractivity contribution is -0.139. The molecule has 0 aliphatic carbocycles. The van der Waals surface area contributed by atoms with Crippen LogP contribution in [0.2, 0.25) is 0 Å². The van der Waals surface area contributed by atoms with Crippen molar-refractivity contribution in [1.29, 1.82) is 0 Å². The maximum absolute atomic E-state index is 11.8. The second kappa shape index (κ2) is 7.41. The van der Waals surface area contributed by atoms with Crippen LogP contribution >= 0.6 is 0 Å². The van der Waals surface area contributed by atoms with Gasteiger partial charge in [-0.2, -0.15) is 0 Å². The molecule has 0 unspecified atom stereocenters. The third-order valence-electron chi connectivity index (χ3n) is 3.28. The third kappa shape index (κ3) is 4.74. The van der Waals surface area contributed by atoms with E-state index in [2.05, 4.69) is 10.6 Å². The largest absolute Gasteiger partial charge is 0.344 e. The molecule has 0 fully saturated rings. The van der Waals surface area contributed by atoms with Gasteiger partial charge in [-0.05, 0) is 25.0 Å². The predicted octanol–water partition coefficient (Wildman–Crippen LogP) is 2.24. The zero-order valence-corrected chi connectivity index (χ0v) is 12.8. The van der Waals surface area contributed by atoms with Crippen molar-refractivity contribution in [2.24, 2.45) is 0 Å². The summed E-state index contributed by atoms with van der Waals surface area (Å²) < 4.78 is 0. The number of hydrogen-bond donors (Lipinski definition) is 2. The van der Waals surface area contributed by atoms with Gasteiger partial charge in [0, 0.05) is 13.1 Å². The predicted molar refractivity (Wildman–Crippen MR) is 86.1 cm³/mol. The van der Waals surface area contributed by atoms with E-state index in [1.807, 2.05) is 62.4 Å². The van der Waals surface area contributed by atoms with Crippen molar-refractivity contribution in [2.75, 3.05) is 0 Å². The second-order valence-electron chi connectivity index (χ2n) is 5.34. The Balaban J connectivity index is 1.81. The maximum atomic E-state index is 11.8. The molecule has 2 N–H and O–H groups in total. The lowest BCUT2D eigenvalue weighted by Crippen LogP contribution is -2.39. The molecule has 2 aromatic rings. The fraction of sp³-hybridized carbons (Fsp3) is 0.222. The minimum atomic E-state index is -0.617. The van der Waals surface area contributed by atoms with E-state index in [0.717, 1.165) is 22.3 Å². The number of rotatable bonds is 4. The Labute approximate surface area is 130 Å². The van der Waals surface area contributed by atoms with E-state index in [1.165, 1.54) is 0 Å². The molecule has 0 bridgehead atoms. The van der Waals surface area contributed by atoms with Crippen molar-refractivity contribution in [2.45, 2.75) is 26.9 Å². The highest BCUT2D eigenvalue weighted by molar-refractivity contribution is 6.35. The molecule has 0 radical (unpaired) electrons. The fourth-order valence-electron chi connectivity index (χ4n) is 2.17. The molecule has 0 aromatic heterocycles. The third-order valence-corrected chi connectivity index (χ3v) is 3.28. The van der Waals surface area contributed by atoms with Crippen LogP contribution in [0.15, 0.2) is 48.5 Å². The summed E-state index contributed by atoms with van der Waals surface area (Å²) in [5, 5.41) is 5.25. The molecule has 0 saturated heterocycles. The summed E-state index contributed by atoms with van der Waals surface area (Å²) >= 11 is 0. The molecular formula is C18H20N2O2. The SMILES string of the molecule is Cc1cccc(CNC(=O)C(=O)NCc2cccc(C)c2)c1. The van der Waals surface area contributed by atoms with Gasteiger partial charge in [0.1, 0.15) is 0 Å². The Morgan fingerprint density at radius 1 is 0.773 bits per heavy atom. The van der Waals surface area contributed by atoms with Gasteiger partial charge in [-0.3, -0.25) is 9.59 Å². The summed E-state index contributed by atoms with van der Waals surface area (Å²) in [5.41, 5.74) is 4.19. The van der Waals surface area contributed by atoms with Gasteiger partial charge in [-0.1, -0.05) is 59.7 Å². The van der Waals surface area contributed by atoms with E-state index in [0.29, 0.717) is 13.1 Å². The fourth-order valence-corrected chi connectivity index (χ4v) is 2.17. The summed E-state index contributed by atoms with van der Waals surface area (Å²) in [7, 11) is 0. The highest BCUT2D eigenvalue weighted by Gasteiger charge is 2.12. The summed E-state index contributed by atoms with van der Waals surface area (Å²) in [6.45, 7) is 4.66. The van der Waals surface area contributed by atoms with Crippen molar-refractivity contribution in [3.05, 3.63) is 70.8 Å². The van der Waals surface area contributed by atoms with Crippen LogP contribution < -0.4 is 10.6 Å². The van der Waals surface area contributed by atoms with E-state index >= 15 is 0 Å². The quantitative estimate of drug-likeness (QED) is 0.850. The maximum Gasteiger partial charge on any atom is 0.309 e. The average molecular weight is 296 g/mol. The van der Waals surface area contributed by atoms with Crippen LogP contribution in [-0.4, -0.2) is 11.8 Å². The van der Waals surface area contributed by atoms with Crippen LogP contribution in [0.25, 0.3) is 0 Å². The molecule has 0 aliphatic rings. The number of benzene rings is 2. The minimum Gasteiger partial charge on any atom is -0.344 e. The van der Waals surface area contributed by atoms with E-state index in [1.54, 1.807) is 0 Å². The van der Waals surface area contributed by atoms with E-state index in [-0.39, 0.29) is 0 Å². The van der Waals surface area contributed by atoms with Gasteiger partial charge in [0.25, 0.3) is 0 Å². The molecule has 2 rings (SSSR count). The molecular weight excluding hydrogens is 276 g/mol. The molecule has 114 valence electrons. The van der Waals surface area contributed by atoms with Crippen LogP contribution in [0.5, 0.6) is 0 Å². The monoisotopic (exact) mass is 296 g/mol. The van der Waals surface area contributed by atoms with Crippen LogP contribution in [0, 0.1) is 13.8 Å². The Morgan fingerprint density at radius 3 is 1.55 bits per heavy atom. The summed E-state index contributed by atoms with van der Waals surface area (Å²) in [6, 6.07) is 15.6. The van der Waals surface area contributed by atoms with Crippen molar-refractivity contribution in [3.8, 4) is 0 Å². The number of nitrogens with one attached hydrogen (secondary N) is 2. The Bertz CT molecular complexity index is 621. The molecule has 4 nitrogen and oxygen atoms in total. The highest BCUT2D eigenvalue weighted by Crippen LogP contribution is 2.04. The Hall–Kier alpha value is -2.62. The highest BCUT2D eigenvalue weighted by atomic mass is 16.2. The van der Waals surface area contributed by atoms with Gasteiger partial charge >= 0.3 is 11.8 Å².